The monoisotopic (exact) mass is 365 g/mol. The molecule has 0 unspecified atom stereocenters. The molecule has 25 heavy (non-hydrogen) atoms. The van der Waals surface area contributed by atoms with E-state index in [1.54, 1.807) is 12.4 Å². The summed E-state index contributed by atoms with van der Waals surface area (Å²) in [5, 5.41) is 1.34. The Bertz CT molecular complexity index is 1030. The molecular weight excluding hydrogens is 353 g/mol. The molecule has 2 heterocycles. The van der Waals surface area contributed by atoms with Crippen LogP contribution in [-0.4, -0.2) is 15.0 Å². The zero-order chi connectivity index (χ0) is 17.2. The summed E-state index contributed by atoms with van der Waals surface area (Å²) < 4.78 is 0. The second-order valence-corrected chi connectivity index (χ2v) is 6.44. The van der Waals surface area contributed by atoms with Gasteiger partial charge in [0.2, 0.25) is 0 Å². The Morgan fingerprint density at radius 3 is 2.04 bits per heavy atom. The van der Waals surface area contributed by atoms with Gasteiger partial charge in [0.05, 0.1) is 11.4 Å². The molecular formula is C20H13Cl2N3. The van der Waals surface area contributed by atoms with Gasteiger partial charge in [-0.1, -0.05) is 47.5 Å². The van der Waals surface area contributed by atoms with E-state index in [-0.39, 0.29) is 0 Å². The first kappa shape index (κ1) is 15.9. The van der Waals surface area contributed by atoms with Crippen molar-refractivity contribution in [2.45, 2.75) is 0 Å². The van der Waals surface area contributed by atoms with E-state index < -0.39 is 0 Å². The maximum atomic E-state index is 6.17. The molecule has 0 bridgehead atoms. The maximum absolute atomic E-state index is 6.17. The topological polar surface area (TPSA) is 41.6 Å². The molecule has 0 saturated carbocycles. The van der Waals surface area contributed by atoms with Crippen molar-refractivity contribution >= 4 is 23.2 Å². The summed E-state index contributed by atoms with van der Waals surface area (Å²) in [7, 11) is 0. The number of halogens is 2. The van der Waals surface area contributed by atoms with E-state index in [9.17, 15) is 0 Å². The Labute approximate surface area is 155 Å². The van der Waals surface area contributed by atoms with Crippen molar-refractivity contribution in [1.82, 2.24) is 15.0 Å². The third-order valence-corrected chi connectivity index (χ3v) is 4.34. The van der Waals surface area contributed by atoms with Crippen LogP contribution in [0.3, 0.4) is 0 Å². The van der Waals surface area contributed by atoms with Crippen molar-refractivity contribution < 1.29 is 0 Å². The number of hydrogen-bond acceptors (Lipinski definition) is 2. The van der Waals surface area contributed by atoms with E-state index in [1.165, 1.54) is 0 Å². The third kappa shape index (κ3) is 3.29. The van der Waals surface area contributed by atoms with Crippen molar-refractivity contribution in [3.05, 3.63) is 83.1 Å². The predicted octanol–water partition coefficient (Wildman–Crippen LogP) is 6.11. The van der Waals surface area contributed by atoms with Crippen LogP contribution in [0.4, 0.5) is 0 Å². The third-order valence-electron chi connectivity index (χ3n) is 3.87. The van der Waals surface area contributed by atoms with Crippen molar-refractivity contribution in [1.29, 1.82) is 0 Å². The Hall–Kier alpha value is -2.62. The number of hydrogen-bond donors (Lipinski definition) is 1. The number of aromatic amines is 1. The van der Waals surface area contributed by atoms with Gasteiger partial charge in [-0.05, 0) is 36.4 Å². The van der Waals surface area contributed by atoms with Gasteiger partial charge in [0.1, 0.15) is 5.82 Å². The number of imidazole rings is 1. The lowest BCUT2D eigenvalue weighted by Gasteiger charge is -2.03. The van der Waals surface area contributed by atoms with Crippen LogP contribution in [0.5, 0.6) is 0 Å². The zero-order valence-electron chi connectivity index (χ0n) is 13.1. The summed E-state index contributed by atoms with van der Waals surface area (Å²) in [6, 6.07) is 19.2. The molecule has 3 nitrogen and oxygen atoms in total. The average Bonchev–Trinajstić information content (AvgIpc) is 3.08. The van der Waals surface area contributed by atoms with E-state index in [1.807, 2.05) is 60.7 Å². The quantitative estimate of drug-likeness (QED) is 0.475. The minimum absolute atomic E-state index is 0.670. The highest BCUT2D eigenvalue weighted by Gasteiger charge is 2.15. The average molecular weight is 366 g/mol. The highest BCUT2D eigenvalue weighted by atomic mass is 35.5. The van der Waals surface area contributed by atoms with E-state index >= 15 is 0 Å². The SMILES string of the molecule is Clc1cccc(-c2nc(-c3cccc(Cl)c3)c(-c3ccncc3)[nH]2)c1. The summed E-state index contributed by atoms with van der Waals surface area (Å²) in [5.74, 6) is 0.754. The zero-order valence-corrected chi connectivity index (χ0v) is 14.6. The summed E-state index contributed by atoms with van der Waals surface area (Å²) >= 11 is 12.3. The van der Waals surface area contributed by atoms with Gasteiger partial charge in [-0.25, -0.2) is 4.98 Å². The fourth-order valence-electron chi connectivity index (χ4n) is 2.72. The molecule has 0 aliphatic heterocycles. The van der Waals surface area contributed by atoms with Crippen LogP contribution in [0, 0.1) is 0 Å². The van der Waals surface area contributed by atoms with Crippen molar-refractivity contribution in [2.24, 2.45) is 0 Å². The highest BCUT2D eigenvalue weighted by molar-refractivity contribution is 6.31. The van der Waals surface area contributed by atoms with Crippen LogP contribution in [0.1, 0.15) is 0 Å². The van der Waals surface area contributed by atoms with Crippen molar-refractivity contribution in [2.75, 3.05) is 0 Å². The molecule has 0 radical (unpaired) electrons. The highest BCUT2D eigenvalue weighted by Crippen LogP contribution is 2.34. The van der Waals surface area contributed by atoms with Crippen LogP contribution in [0.2, 0.25) is 10.0 Å². The van der Waals surface area contributed by atoms with Crippen LogP contribution in [0.15, 0.2) is 73.1 Å². The first-order valence-corrected chi connectivity index (χ1v) is 8.48. The summed E-state index contributed by atoms with van der Waals surface area (Å²) in [5.41, 5.74) is 4.63. The van der Waals surface area contributed by atoms with Crippen LogP contribution < -0.4 is 0 Å². The molecule has 0 spiro atoms. The smallest absolute Gasteiger partial charge is 0.138 e. The molecule has 4 aromatic rings. The van der Waals surface area contributed by atoms with Gasteiger partial charge < -0.3 is 4.98 Å². The molecule has 1 N–H and O–H groups in total. The first-order chi connectivity index (χ1) is 12.2. The lowest BCUT2D eigenvalue weighted by molar-refractivity contribution is 1.30. The Kier molecular flexibility index (Phi) is 4.26. The lowest BCUT2D eigenvalue weighted by atomic mass is 10.1. The molecule has 0 amide bonds. The fraction of sp³-hybridized carbons (Fsp3) is 0. The second-order valence-electron chi connectivity index (χ2n) is 5.57. The fourth-order valence-corrected chi connectivity index (χ4v) is 3.10. The molecule has 0 aliphatic rings. The number of nitrogens with zero attached hydrogens (tertiary/aromatic N) is 2. The van der Waals surface area contributed by atoms with Gasteiger partial charge in [-0.2, -0.15) is 0 Å². The van der Waals surface area contributed by atoms with E-state index in [0.717, 1.165) is 33.9 Å². The van der Waals surface area contributed by atoms with E-state index in [4.69, 9.17) is 28.2 Å². The number of aromatic nitrogens is 3. The Morgan fingerprint density at radius 2 is 1.36 bits per heavy atom. The molecule has 5 heteroatoms. The van der Waals surface area contributed by atoms with Gasteiger partial charge in [0.15, 0.2) is 0 Å². The van der Waals surface area contributed by atoms with Crippen LogP contribution in [-0.2, 0) is 0 Å². The van der Waals surface area contributed by atoms with Crippen molar-refractivity contribution in [3.8, 4) is 33.9 Å². The van der Waals surface area contributed by atoms with Crippen molar-refractivity contribution in [3.63, 3.8) is 0 Å². The van der Waals surface area contributed by atoms with Gasteiger partial charge in [-0.3, -0.25) is 4.98 Å². The number of H-pyrrole nitrogens is 1. The van der Waals surface area contributed by atoms with Crippen LogP contribution in [0.25, 0.3) is 33.9 Å². The Morgan fingerprint density at radius 1 is 0.720 bits per heavy atom. The second kappa shape index (κ2) is 6.71. The van der Waals surface area contributed by atoms with Crippen LogP contribution >= 0.6 is 23.2 Å². The molecule has 2 aromatic carbocycles. The minimum Gasteiger partial charge on any atom is -0.337 e. The lowest BCUT2D eigenvalue weighted by Crippen LogP contribution is -1.84. The standard InChI is InChI=1S/C20H13Cl2N3/c21-16-5-1-3-14(11-16)19-18(13-7-9-23-10-8-13)24-20(25-19)15-4-2-6-17(22)12-15/h1-12H,(H,24,25). The molecule has 0 aliphatic carbocycles. The first-order valence-electron chi connectivity index (χ1n) is 7.73. The molecule has 0 fully saturated rings. The number of pyridine rings is 1. The van der Waals surface area contributed by atoms with E-state index in [2.05, 4.69) is 9.97 Å². The number of rotatable bonds is 3. The van der Waals surface area contributed by atoms with Gasteiger partial charge in [0.25, 0.3) is 0 Å². The molecule has 122 valence electrons. The van der Waals surface area contributed by atoms with E-state index in [0.29, 0.717) is 10.0 Å². The predicted molar refractivity (Wildman–Crippen MR) is 103 cm³/mol. The molecule has 4 rings (SSSR count). The summed E-state index contributed by atoms with van der Waals surface area (Å²) in [4.78, 5) is 12.3. The Balaban J connectivity index is 1.92. The van der Waals surface area contributed by atoms with Gasteiger partial charge >= 0.3 is 0 Å². The summed E-state index contributed by atoms with van der Waals surface area (Å²) in [6.45, 7) is 0. The van der Waals surface area contributed by atoms with Gasteiger partial charge in [-0.15, -0.1) is 0 Å². The number of benzene rings is 2. The minimum atomic E-state index is 0.670. The van der Waals surface area contributed by atoms with Gasteiger partial charge in [0, 0.05) is 39.1 Å². The molecule has 0 atom stereocenters. The normalized spacial score (nSPS) is 10.8. The maximum Gasteiger partial charge on any atom is 0.138 e. The molecule has 0 saturated heterocycles. The summed E-state index contributed by atoms with van der Waals surface area (Å²) in [6.07, 6.45) is 3.52. The molecule has 2 aromatic heterocycles. The number of nitrogens with one attached hydrogen (secondary N) is 1. The largest absolute Gasteiger partial charge is 0.337 e.